The van der Waals surface area contributed by atoms with Crippen molar-refractivity contribution in [1.29, 1.82) is 0 Å². The van der Waals surface area contributed by atoms with Gasteiger partial charge in [0, 0.05) is 27.6 Å². The largest absolute Gasteiger partial charge is 0.309 e. The molecule has 0 saturated carbocycles. The van der Waals surface area contributed by atoms with E-state index >= 15 is 0 Å². The maximum Gasteiger partial charge on any atom is 0.0540 e. The lowest BCUT2D eigenvalue weighted by Gasteiger charge is -2.31. The fourth-order valence-corrected chi connectivity index (χ4v) is 9.40. The molecule has 0 heterocycles. The third kappa shape index (κ3) is 4.70. The van der Waals surface area contributed by atoms with E-state index in [1.807, 2.05) is 0 Å². The van der Waals surface area contributed by atoms with Gasteiger partial charge in [-0.2, -0.15) is 0 Å². The van der Waals surface area contributed by atoms with Gasteiger partial charge in [-0.05, 0) is 96.7 Å². The van der Waals surface area contributed by atoms with E-state index in [1.165, 1.54) is 77.5 Å². The average molecular weight is 680 g/mol. The maximum atomic E-state index is 2.49. The zero-order valence-corrected chi connectivity index (χ0v) is 30.7. The van der Waals surface area contributed by atoms with Crippen molar-refractivity contribution in [3.63, 3.8) is 0 Å². The van der Waals surface area contributed by atoms with Crippen molar-refractivity contribution in [3.8, 4) is 44.5 Å². The Morgan fingerprint density at radius 1 is 0.340 bits per heavy atom. The molecule has 0 bridgehead atoms. The topological polar surface area (TPSA) is 3.24 Å². The standard InChI is InChI=1S/C52H41N/c1-51(2)44-23-11-7-19-39(44)43-33-36(29-31-46(43)51)38-18-9-13-26-48(38)53(37-30-28-34-16-5-6-17-35(34)32-37)49-27-14-10-20-40(49)41-22-15-25-47-50(41)42-21-8-12-24-45(42)52(47,3)4/h5-33H,1-4H3. The van der Waals surface area contributed by atoms with Crippen LogP contribution in [0.3, 0.4) is 0 Å². The molecule has 2 aliphatic carbocycles. The molecule has 8 aromatic carbocycles. The van der Waals surface area contributed by atoms with Gasteiger partial charge in [-0.25, -0.2) is 0 Å². The summed E-state index contributed by atoms with van der Waals surface area (Å²) in [5.74, 6) is 0. The number of anilines is 3. The van der Waals surface area contributed by atoms with Crippen LogP contribution in [0.1, 0.15) is 49.9 Å². The molecule has 8 aromatic rings. The Morgan fingerprint density at radius 2 is 0.868 bits per heavy atom. The van der Waals surface area contributed by atoms with Crippen LogP contribution < -0.4 is 4.90 Å². The molecule has 0 spiro atoms. The molecule has 0 unspecified atom stereocenters. The van der Waals surface area contributed by atoms with Crippen LogP contribution in [0.2, 0.25) is 0 Å². The molecular formula is C52H41N. The first-order valence-electron chi connectivity index (χ1n) is 18.8. The molecule has 254 valence electrons. The van der Waals surface area contributed by atoms with Gasteiger partial charge in [-0.1, -0.05) is 173 Å². The number of fused-ring (bicyclic) bond motifs is 7. The lowest BCUT2D eigenvalue weighted by Crippen LogP contribution is -2.15. The second-order valence-corrected chi connectivity index (χ2v) is 15.7. The van der Waals surface area contributed by atoms with Crippen LogP contribution in [0.4, 0.5) is 17.1 Å². The van der Waals surface area contributed by atoms with Gasteiger partial charge < -0.3 is 4.90 Å². The molecule has 0 saturated heterocycles. The first kappa shape index (κ1) is 31.5. The summed E-state index contributed by atoms with van der Waals surface area (Å²) in [5, 5.41) is 2.45. The van der Waals surface area contributed by atoms with E-state index in [4.69, 9.17) is 0 Å². The molecule has 2 aliphatic rings. The Hall–Kier alpha value is -6.18. The van der Waals surface area contributed by atoms with E-state index in [0.29, 0.717) is 0 Å². The molecule has 0 N–H and O–H groups in total. The number of nitrogens with zero attached hydrogens (tertiary/aromatic N) is 1. The van der Waals surface area contributed by atoms with Crippen molar-refractivity contribution >= 4 is 27.8 Å². The van der Waals surface area contributed by atoms with Gasteiger partial charge in [0.15, 0.2) is 0 Å². The Kier molecular flexibility index (Phi) is 6.94. The molecule has 0 atom stereocenters. The molecule has 53 heavy (non-hydrogen) atoms. The average Bonchev–Trinajstić information content (AvgIpc) is 3.58. The number of benzene rings is 8. The predicted octanol–water partition coefficient (Wildman–Crippen LogP) is 14.3. The smallest absolute Gasteiger partial charge is 0.0540 e. The highest BCUT2D eigenvalue weighted by atomic mass is 15.1. The highest BCUT2D eigenvalue weighted by Crippen LogP contribution is 2.55. The summed E-state index contributed by atoms with van der Waals surface area (Å²) in [5.41, 5.74) is 19.1. The van der Waals surface area contributed by atoms with Crippen molar-refractivity contribution in [1.82, 2.24) is 0 Å². The molecule has 0 amide bonds. The molecule has 0 aliphatic heterocycles. The van der Waals surface area contributed by atoms with Crippen LogP contribution in [0.15, 0.2) is 176 Å². The maximum absolute atomic E-state index is 2.49. The molecule has 1 nitrogen and oxygen atoms in total. The third-order valence-electron chi connectivity index (χ3n) is 12.1. The van der Waals surface area contributed by atoms with Crippen molar-refractivity contribution in [3.05, 3.63) is 198 Å². The normalized spacial score (nSPS) is 14.3. The van der Waals surface area contributed by atoms with Crippen molar-refractivity contribution in [2.45, 2.75) is 38.5 Å². The second kappa shape index (κ2) is 11.7. The van der Waals surface area contributed by atoms with Gasteiger partial charge in [0.2, 0.25) is 0 Å². The zero-order chi connectivity index (χ0) is 35.9. The van der Waals surface area contributed by atoms with E-state index < -0.39 is 0 Å². The van der Waals surface area contributed by atoms with E-state index in [0.717, 1.165) is 17.1 Å². The van der Waals surface area contributed by atoms with Crippen LogP contribution >= 0.6 is 0 Å². The number of rotatable bonds is 5. The van der Waals surface area contributed by atoms with E-state index in [2.05, 4.69) is 209 Å². The van der Waals surface area contributed by atoms with Crippen molar-refractivity contribution in [2.24, 2.45) is 0 Å². The fraction of sp³-hybridized carbons (Fsp3) is 0.115. The minimum Gasteiger partial charge on any atom is -0.309 e. The third-order valence-corrected chi connectivity index (χ3v) is 12.1. The van der Waals surface area contributed by atoms with Crippen LogP contribution in [-0.4, -0.2) is 0 Å². The predicted molar refractivity (Wildman–Crippen MR) is 225 cm³/mol. The molecule has 0 radical (unpaired) electrons. The minimum absolute atomic E-state index is 0.0385. The summed E-state index contributed by atoms with van der Waals surface area (Å²) in [4.78, 5) is 2.49. The summed E-state index contributed by atoms with van der Waals surface area (Å²) >= 11 is 0. The van der Waals surface area contributed by atoms with Crippen molar-refractivity contribution < 1.29 is 0 Å². The van der Waals surface area contributed by atoms with Gasteiger partial charge >= 0.3 is 0 Å². The van der Waals surface area contributed by atoms with Crippen LogP contribution in [-0.2, 0) is 10.8 Å². The van der Waals surface area contributed by atoms with E-state index in [1.54, 1.807) is 0 Å². The molecule has 0 fully saturated rings. The monoisotopic (exact) mass is 679 g/mol. The quantitative estimate of drug-likeness (QED) is 0.175. The van der Waals surface area contributed by atoms with E-state index in [-0.39, 0.29) is 10.8 Å². The van der Waals surface area contributed by atoms with Crippen molar-refractivity contribution in [2.75, 3.05) is 4.90 Å². The van der Waals surface area contributed by atoms with Crippen LogP contribution in [0, 0.1) is 0 Å². The summed E-state index contributed by atoms with van der Waals surface area (Å²) < 4.78 is 0. The number of hydrogen-bond acceptors (Lipinski definition) is 1. The summed E-state index contributed by atoms with van der Waals surface area (Å²) in [6.45, 7) is 9.43. The highest BCUT2D eigenvalue weighted by molar-refractivity contribution is 6.01. The first-order valence-corrected chi connectivity index (χ1v) is 18.8. The molecule has 10 rings (SSSR count). The molecule has 0 aromatic heterocycles. The summed E-state index contributed by atoms with van der Waals surface area (Å²) in [6.07, 6.45) is 0. The Labute approximate surface area is 312 Å². The Balaban J connectivity index is 1.22. The van der Waals surface area contributed by atoms with Gasteiger partial charge in [-0.3, -0.25) is 0 Å². The summed E-state index contributed by atoms with van der Waals surface area (Å²) in [7, 11) is 0. The zero-order valence-electron chi connectivity index (χ0n) is 30.7. The molecule has 1 heteroatoms. The lowest BCUT2D eigenvalue weighted by atomic mass is 9.82. The fourth-order valence-electron chi connectivity index (χ4n) is 9.40. The van der Waals surface area contributed by atoms with Gasteiger partial charge in [-0.15, -0.1) is 0 Å². The van der Waals surface area contributed by atoms with Gasteiger partial charge in [0.05, 0.1) is 11.4 Å². The SMILES string of the molecule is CC1(C)c2ccccc2-c2cc(-c3ccccc3N(c3ccc4ccccc4c3)c3ccccc3-c3cccc4c3-c3ccccc3C4(C)C)ccc21. The first-order chi connectivity index (χ1) is 25.8. The van der Waals surface area contributed by atoms with E-state index in [9.17, 15) is 0 Å². The molecular weight excluding hydrogens is 639 g/mol. The second-order valence-electron chi connectivity index (χ2n) is 15.7. The highest BCUT2D eigenvalue weighted by Gasteiger charge is 2.38. The number of hydrogen-bond donors (Lipinski definition) is 0. The Bertz CT molecular complexity index is 2740. The Morgan fingerprint density at radius 3 is 1.64 bits per heavy atom. The van der Waals surface area contributed by atoms with Crippen LogP contribution in [0.25, 0.3) is 55.3 Å². The summed E-state index contributed by atoms with van der Waals surface area (Å²) in [6, 6.07) is 65.4. The van der Waals surface area contributed by atoms with Gasteiger partial charge in [0.1, 0.15) is 0 Å². The van der Waals surface area contributed by atoms with Crippen LogP contribution in [0.5, 0.6) is 0 Å². The van der Waals surface area contributed by atoms with Gasteiger partial charge in [0.25, 0.3) is 0 Å². The number of para-hydroxylation sites is 2. The lowest BCUT2D eigenvalue weighted by molar-refractivity contribution is 0.660. The minimum atomic E-state index is -0.0811.